The summed E-state index contributed by atoms with van der Waals surface area (Å²) in [6.45, 7) is 2.57. The lowest BCUT2D eigenvalue weighted by Crippen LogP contribution is -2.06. The molecule has 3 rings (SSSR count). The van der Waals surface area contributed by atoms with E-state index >= 15 is 0 Å². The molecule has 0 N–H and O–H groups in total. The topological polar surface area (TPSA) is 3.24 Å². The molecule has 2 saturated carbocycles. The molecule has 1 atom stereocenters. The molecule has 3 aliphatic rings. The smallest absolute Gasteiger partial charge is 0.0235 e. The standard InChI is InChI=1S/C9H14NP/c11-10-5-8(7-1-2-7)9(6-10)3-4-9/h1-6,11H2. The third kappa shape index (κ3) is 0.910. The van der Waals surface area contributed by atoms with Crippen molar-refractivity contribution in [1.82, 2.24) is 4.67 Å². The van der Waals surface area contributed by atoms with Gasteiger partial charge in [0.05, 0.1) is 0 Å². The molecule has 2 heteroatoms. The second kappa shape index (κ2) is 1.89. The van der Waals surface area contributed by atoms with Crippen molar-refractivity contribution >= 4 is 9.39 Å². The molecule has 1 spiro atoms. The highest BCUT2D eigenvalue weighted by Crippen LogP contribution is 2.59. The Balaban J connectivity index is 1.98. The van der Waals surface area contributed by atoms with E-state index in [4.69, 9.17) is 0 Å². The molecule has 1 aliphatic heterocycles. The maximum atomic E-state index is 2.85. The van der Waals surface area contributed by atoms with Gasteiger partial charge in [-0.25, -0.2) is 0 Å². The van der Waals surface area contributed by atoms with Crippen molar-refractivity contribution in [3.8, 4) is 0 Å². The molecule has 3 fully saturated rings. The average Bonchev–Trinajstić information content (AvgIpc) is 2.75. The van der Waals surface area contributed by atoms with E-state index in [1.54, 1.807) is 5.57 Å². The Bertz CT molecular complexity index is 234. The van der Waals surface area contributed by atoms with Gasteiger partial charge in [-0.3, -0.25) is 4.67 Å². The highest BCUT2D eigenvalue weighted by molar-refractivity contribution is 7.13. The lowest BCUT2D eigenvalue weighted by atomic mass is 9.99. The Morgan fingerprint density at radius 3 is 2.55 bits per heavy atom. The molecular weight excluding hydrogens is 153 g/mol. The van der Waals surface area contributed by atoms with Crippen LogP contribution in [0.25, 0.3) is 0 Å². The molecule has 11 heavy (non-hydrogen) atoms. The van der Waals surface area contributed by atoms with Gasteiger partial charge in [-0.1, -0.05) is 15.0 Å². The first kappa shape index (κ1) is 6.62. The number of rotatable bonds is 0. The van der Waals surface area contributed by atoms with Gasteiger partial charge in [0.25, 0.3) is 0 Å². The van der Waals surface area contributed by atoms with E-state index in [1.165, 1.54) is 38.8 Å². The van der Waals surface area contributed by atoms with Crippen molar-refractivity contribution in [3.05, 3.63) is 11.1 Å². The van der Waals surface area contributed by atoms with Crippen molar-refractivity contribution in [2.45, 2.75) is 25.7 Å². The van der Waals surface area contributed by atoms with Crippen molar-refractivity contribution in [2.24, 2.45) is 5.41 Å². The van der Waals surface area contributed by atoms with Crippen LogP contribution in [0, 0.1) is 5.41 Å². The maximum Gasteiger partial charge on any atom is 0.0235 e. The van der Waals surface area contributed by atoms with Crippen molar-refractivity contribution in [3.63, 3.8) is 0 Å². The van der Waals surface area contributed by atoms with Gasteiger partial charge < -0.3 is 0 Å². The molecular formula is C9H14NP. The predicted molar refractivity (Wildman–Crippen MR) is 49.2 cm³/mol. The SMILES string of the molecule is PN1CC(=C2CC2)C2(CC2)C1. The van der Waals surface area contributed by atoms with E-state index in [9.17, 15) is 0 Å². The Morgan fingerprint density at radius 2 is 2.00 bits per heavy atom. The first-order valence-electron chi connectivity index (χ1n) is 4.51. The van der Waals surface area contributed by atoms with E-state index in [2.05, 4.69) is 14.1 Å². The summed E-state index contributed by atoms with van der Waals surface area (Å²) in [5.41, 5.74) is 4.33. The van der Waals surface area contributed by atoms with Crippen LogP contribution in [-0.2, 0) is 0 Å². The number of hydrogen-bond acceptors (Lipinski definition) is 1. The minimum atomic E-state index is 0.702. The fourth-order valence-electron chi connectivity index (χ4n) is 2.37. The molecule has 0 aromatic rings. The molecule has 1 saturated heterocycles. The predicted octanol–water partition coefficient (Wildman–Crippen LogP) is 1.96. The van der Waals surface area contributed by atoms with Gasteiger partial charge in [-0.05, 0) is 31.3 Å². The van der Waals surface area contributed by atoms with Gasteiger partial charge >= 0.3 is 0 Å². The zero-order valence-electron chi connectivity index (χ0n) is 6.77. The summed E-state index contributed by atoms with van der Waals surface area (Å²) in [4.78, 5) is 0. The molecule has 1 unspecified atom stereocenters. The van der Waals surface area contributed by atoms with Gasteiger partial charge in [-0.2, -0.15) is 0 Å². The highest BCUT2D eigenvalue weighted by atomic mass is 31.0. The maximum absolute atomic E-state index is 2.85. The number of hydrogen-bond donors (Lipinski definition) is 0. The van der Waals surface area contributed by atoms with Crippen LogP contribution in [0.4, 0.5) is 0 Å². The number of allylic oxidation sites excluding steroid dienone is 1. The number of nitrogens with zero attached hydrogens (tertiary/aromatic N) is 1. The molecule has 0 amide bonds. The van der Waals surface area contributed by atoms with E-state index in [1.807, 2.05) is 5.57 Å². The fraction of sp³-hybridized carbons (Fsp3) is 0.778. The van der Waals surface area contributed by atoms with E-state index < -0.39 is 0 Å². The second-order valence-corrected chi connectivity index (χ2v) is 5.00. The Kier molecular flexibility index (Phi) is 1.14. The molecule has 0 radical (unpaired) electrons. The molecule has 1 heterocycles. The lowest BCUT2D eigenvalue weighted by molar-refractivity contribution is 0.522. The fourth-order valence-corrected chi connectivity index (χ4v) is 2.90. The second-order valence-electron chi connectivity index (χ2n) is 4.27. The van der Waals surface area contributed by atoms with Crippen LogP contribution in [0.15, 0.2) is 11.1 Å². The van der Waals surface area contributed by atoms with Crippen LogP contribution >= 0.6 is 9.39 Å². The van der Waals surface area contributed by atoms with Crippen LogP contribution < -0.4 is 0 Å². The first-order chi connectivity index (χ1) is 5.30. The lowest BCUT2D eigenvalue weighted by Gasteiger charge is -2.05. The summed E-state index contributed by atoms with van der Waals surface area (Å²) in [6.07, 6.45) is 5.76. The average molecular weight is 167 g/mol. The van der Waals surface area contributed by atoms with Crippen LogP contribution in [0.3, 0.4) is 0 Å². The first-order valence-corrected chi connectivity index (χ1v) is 5.03. The van der Waals surface area contributed by atoms with Gasteiger partial charge in [-0.15, -0.1) is 0 Å². The quantitative estimate of drug-likeness (QED) is 0.394. The van der Waals surface area contributed by atoms with Crippen molar-refractivity contribution in [2.75, 3.05) is 13.1 Å². The Morgan fingerprint density at radius 1 is 1.27 bits per heavy atom. The van der Waals surface area contributed by atoms with Crippen molar-refractivity contribution in [1.29, 1.82) is 0 Å². The minimum Gasteiger partial charge on any atom is -0.282 e. The minimum absolute atomic E-state index is 0.702. The summed E-state index contributed by atoms with van der Waals surface area (Å²) in [6, 6.07) is 0. The zero-order chi connectivity index (χ0) is 7.47. The third-order valence-corrected chi connectivity index (χ3v) is 3.65. The molecule has 0 bridgehead atoms. The van der Waals surface area contributed by atoms with Gasteiger partial charge in [0.2, 0.25) is 0 Å². The van der Waals surface area contributed by atoms with Gasteiger partial charge in [0.1, 0.15) is 0 Å². The monoisotopic (exact) mass is 167 g/mol. The van der Waals surface area contributed by atoms with Crippen LogP contribution in [-0.4, -0.2) is 17.8 Å². The van der Waals surface area contributed by atoms with Gasteiger partial charge in [0.15, 0.2) is 0 Å². The van der Waals surface area contributed by atoms with Crippen LogP contribution in [0.1, 0.15) is 25.7 Å². The van der Waals surface area contributed by atoms with Gasteiger partial charge in [0, 0.05) is 18.5 Å². The highest BCUT2D eigenvalue weighted by Gasteiger charge is 2.52. The molecule has 60 valence electrons. The van der Waals surface area contributed by atoms with Crippen LogP contribution in [0.2, 0.25) is 0 Å². The largest absolute Gasteiger partial charge is 0.282 e. The summed E-state index contributed by atoms with van der Waals surface area (Å²) in [5, 5.41) is 0. The Labute approximate surface area is 70.1 Å². The van der Waals surface area contributed by atoms with Crippen molar-refractivity contribution < 1.29 is 0 Å². The molecule has 0 aromatic carbocycles. The normalized spacial score (nSPS) is 33.5. The Hall–Kier alpha value is 0.130. The zero-order valence-corrected chi connectivity index (χ0v) is 7.92. The molecule has 0 aromatic heterocycles. The summed E-state index contributed by atoms with van der Waals surface area (Å²) in [5.74, 6) is 0. The molecule has 1 nitrogen and oxygen atoms in total. The van der Waals surface area contributed by atoms with E-state index in [0.717, 1.165) is 0 Å². The van der Waals surface area contributed by atoms with E-state index in [0.29, 0.717) is 5.41 Å². The molecule has 2 aliphatic carbocycles. The summed E-state index contributed by atoms with van der Waals surface area (Å²) in [7, 11) is 2.85. The summed E-state index contributed by atoms with van der Waals surface area (Å²) >= 11 is 0. The van der Waals surface area contributed by atoms with Crippen LogP contribution in [0.5, 0.6) is 0 Å². The van der Waals surface area contributed by atoms with E-state index in [-0.39, 0.29) is 0 Å². The third-order valence-electron chi connectivity index (χ3n) is 3.29. The summed E-state index contributed by atoms with van der Waals surface area (Å²) < 4.78 is 2.41.